The molecular weight excluding hydrogens is 396 g/mol. The Morgan fingerprint density at radius 1 is 1.10 bits per heavy atom. The largest absolute Gasteiger partial charge is 0.381 e. The summed E-state index contributed by atoms with van der Waals surface area (Å²) in [6.45, 7) is 1.30. The highest BCUT2D eigenvalue weighted by atomic mass is 32.2. The molecule has 1 aliphatic carbocycles. The number of hydrogen-bond donors (Lipinski definition) is 1. The van der Waals surface area contributed by atoms with Crippen LogP contribution in [0, 0.1) is 17.6 Å². The van der Waals surface area contributed by atoms with Gasteiger partial charge in [0.05, 0.1) is 0 Å². The molecule has 3 atom stereocenters. The van der Waals surface area contributed by atoms with Crippen molar-refractivity contribution in [3.8, 4) is 0 Å². The summed E-state index contributed by atoms with van der Waals surface area (Å²) in [7, 11) is -0.987. The Hall–Kier alpha value is -2.12. The monoisotopic (exact) mass is 419 g/mol. The molecule has 1 N–H and O–H groups in total. The average Bonchev–Trinajstić information content (AvgIpc) is 3.49. The van der Waals surface area contributed by atoms with E-state index in [2.05, 4.69) is 5.32 Å². The Bertz CT molecular complexity index is 910. The molecule has 154 valence electrons. The molecular formula is C22H23F2NO3S. The topological polar surface area (TPSA) is 55.4 Å². The minimum atomic E-state index is -0.987. The molecule has 3 unspecified atom stereocenters. The summed E-state index contributed by atoms with van der Waals surface area (Å²) in [5, 5.41) is 2.98. The smallest absolute Gasteiger partial charge is 0.228 e. The van der Waals surface area contributed by atoms with Crippen LogP contribution in [0.25, 0.3) is 0 Å². The molecule has 0 spiro atoms. The minimum Gasteiger partial charge on any atom is -0.381 e. The molecule has 0 bridgehead atoms. The van der Waals surface area contributed by atoms with E-state index in [-0.39, 0.29) is 16.7 Å². The van der Waals surface area contributed by atoms with Gasteiger partial charge in [0, 0.05) is 58.1 Å². The van der Waals surface area contributed by atoms with Crippen LogP contribution in [0.3, 0.4) is 0 Å². The summed E-state index contributed by atoms with van der Waals surface area (Å²) < 4.78 is 45.7. The van der Waals surface area contributed by atoms with Crippen LogP contribution >= 0.6 is 0 Å². The fraction of sp³-hybridized carbons (Fsp3) is 0.409. The number of carbonyl (C=O) groups excluding carboxylic acids is 1. The maximum Gasteiger partial charge on any atom is 0.228 e. The Morgan fingerprint density at radius 3 is 2.52 bits per heavy atom. The third-order valence-corrected chi connectivity index (χ3v) is 7.37. The van der Waals surface area contributed by atoms with Gasteiger partial charge in [0.15, 0.2) is 0 Å². The minimum absolute atomic E-state index is 0.00624. The number of amides is 1. The Kier molecular flexibility index (Phi) is 6.06. The van der Waals surface area contributed by atoms with E-state index in [0.717, 1.165) is 18.4 Å². The van der Waals surface area contributed by atoms with Crippen molar-refractivity contribution in [1.82, 2.24) is 0 Å². The molecule has 1 amide bonds. The SMILES string of the molecule is O=C(Nc1cccc(CS(=O)C2CCOCC2)c1)C1CC1c1c(F)cccc1F. The van der Waals surface area contributed by atoms with Gasteiger partial charge in [-0.2, -0.15) is 0 Å². The number of ether oxygens (including phenoxy) is 1. The van der Waals surface area contributed by atoms with E-state index in [1.807, 2.05) is 18.2 Å². The number of carbonyl (C=O) groups is 1. The standard InChI is InChI=1S/C22H23F2NO3S/c23-19-5-2-6-20(24)21(19)17-12-18(17)22(26)25-15-4-1-3-14(11-15)13-29(27)16-7-9-28-10-8-16/h1-6,11,16-18H,7-10,12-13H2,(H,25,26). The van der Waals surface area contributed by atoms with Gasteiger partial charge in [-0.25, -0.2) is 8.78 Å². The lowest BCUT2D eigenvalue weighted by Crippen LogP contribution is -2.25. The first-order valence-electron chi connectivity index (χ1n) is 9.81. The van der Waals surface area contributed by atoms with Gasteiger partial charge in [0.1, 0.15) is 11.6 Å². The molecule has 7 heteroatoms. The first-order chi connectivity index (χ1) is 14.0. The van der Waals surface area contributed by atoms with Gasteiger partial charge >= 0.3 is 0 Å². The number of nitrogens with one attached hydrogen (secondary N) is 1. The third-order valence-electron chi connectivity index (χ3n) is 5.54. The lowest BCUT2D eigenvalue weighted by Gasteiger charge is -2.21. The van der Waals surface area contributed by atoms with Gasteiger partial charge in [-0.3, -0.25) is 9.00 Å². The fourth-order valence-electron chi connectivity index (χ4n) is 3.86. The summed E-state index contributed by atoms with van der Waals surface area (Å²) >= 11 is 0. The van der Waals surface area contributed by atoms with Crippen molar-refractivity contribution < 1.29 is 22.5 Å². The number of hydrogen-bond acceptors (Lipinski definition) is 3. The molecule has 0 aromatic heterocycles. The molecule has 2 aromatic carbocycles. The predicted octanol–water partition coefficient (Wildman–Crippen LogP) is 4.13. The summed E-state index contributed by atoms with van der Waals surface area (Å²) in [6.07, 6.45) is 2.04. The molecule has 1 heterocycles. The molecule has 0 radical (unpaired) electrons. The van der Waals surface area contributed by atoms with Gasteiger partial charge in [0.25, 0.3) is 0 Å². The number of anilines is 1. The van der Waals surface area contributed by atoms with Crippen molar-refractivity contribution in [3.05, 3.63) is 65.2 Å². The zero-order valence-corrected chi connectivity index (χ0v) is 16.7. The molecule has 1 saturated heterocycles. The molecule has 2 aromatic rings. The summed E-state index contributed by atoms with van der Waals surface area (Å²) in [5.74, 6) is -1.91. The van der Waals surface area contributed by atoms with Crippen LogP contribution in [0.5, 0.6) is 0 Å². The fourth-order valence-corrected chi connectivity index (χ4v) is 5.33. The van der Waals surface area contributed by atoms with Crippen molar-refractivity contribution in [2.45, 2.75) is 36.2 Å². The summed E-state index contributed by atoms with van der Waals surface area (Å²) in [5.41, 5.74) is 1.49. The van der Waals surface area contributed by atoms with Crippen molar-refractivity contribution >= 4 is 22.4 Å². The second-order valence-electron chi connectivity index (χ2n) is 7.61. The quantitative estimate of drug-likeness (QED) is 0.766. The van der Waals surface area contributed by atoms with Crippen LogP contribution in [-0.4, -0.2) is 28.6 Å². The first kappa shape index (κ1) is 20.2. The Balaban J connectivity index is 1.37. The van der Waals surface area contributed by atoms with Crippen LogP contribution in [0.2, 0.25) is 0 Å². The third kappa shape index (κ3) is 4.73. The lowest BCUT2D eigenvalue weighted by atomic mass is 10.1. The molecule has 2 aliphatic rings. The molecule has 1 aliphatic heterocycles. The Labute approximate surface area is 171 Å². The second-order valence-corrected chi connectivity index (χ2v) is 9.33. The highest BCUT2D eigenvalue weighted by Crippen LogP contribution is 2.49. The molecule has 2 fully saturated rings. The average molecular weight is 419 g/mol. The van der Waals surface area contributed by atoms with Gasteiger partial charge in [-0.15, -0.1) is 0 Å². The van der Waals surface area contributed by atoms with Crippen molar-refractivity contribution in [2.75, 3.05) is 18.5 Å². The van der Waals surface area contributed by atoms with Gasteiger partial charge in [0.2, 0.25) is 5.91 Å². The zero-order valence-electron chi connectivity index (χ0n) is 15.9. The van der Waals surface area contributed by atoms with Crippen LogP contribution in [-0.2, 0) is 26.1 Å². The lowest BCUT2D eigenvalue weighted by molar-refractivity contribution is -0.117. The van der Waals surface area contributed by atoms with E-state index >= 15 is 0 Å². The van der Waals surface area contributed by atoms with E-state index in [9.17, 15) is 17.8 Å². The van der Waals surface area contributed by atoms with Gasteiger partial charge in [-0.05, 0) is 49.1 Å². The maximum absolute atomic E-state index is 13.9. The summed E-state index contributed by atoms with van der Waals surface area (Å²) in [4.78, 5) is 12.5. The van der Waals surface area contributed by atoms with Gasteiger partial charge in [-0.1, -0.05) is 18.2 Å². The van der Waals surface area contributed by atoms with E-state index in [0.29, 0.717) is 31.1 Å². The van der Waals surface area contributed by atoms with Crippen LogP contribution < -0.4 is 5.32 Å². The van der Waals surface area contributed by atoms with Crippen molar-refractivity contribution in [2.24, 2.45) is 5.92 Å². The maximum atomic E-state index is 13.9. The highest BCUT2D eigenvalue weighted by molar-refractivity contribution is 7.84. The van der Waals surface area contributed by atoms with Crippen molar-refractivity contribution in [3.63, 3.8) is 0 Å². The number of halogens is 2. The van der Waals surface area contributed by atoms with E-state index in [1.165, 1.54) is 18.2 Å². The van der Waals surface area contributed by atoms with E-state index in [4.69, 9.17) is 4.74 Å². The number of rotatable bonds is 6. The van der Waals surface area contributed by atoms with E-state index < -0.39 is 34.3 Å². The number of benzene rings is 2. The highest BCUT2D eigenvalue weighted by Gasteiger charge is 2.46. The second kappa shape index (κ2) is 8.71. The summed E-state index contributed by atoms with van der Waals surface area (Å²) in [6, 6.07) is 11.0. The van der Waals surface area contributed by atoms with Crippen LogP contribution in [0.4, 0.5) is 14.5 Å². The van der Waals surface area contributed by atoms with E-state index in [1.54, 1.807) is 6.07 Å². The van der Waals surface area contributed by atoms with Crippen LogP contribution in [0.15, 0.2) is 42.5 Å². The van der Waals surface area contributed by atoms with Gasteiger partial charge < -0.3 is 10.1 Å². The normalized spacial score (nSPS) is 22.8. The van der Waals surface area contributed by atoms with Crippen molar-refractivity contribution in [1.29, 1.82) is 0 Å². The molecule has 4 rings (SSSR count). The zero-order chi connectivity index (χ0) is 20.4. The Morgan fingerprint density at radius 2 is 1.79 bits per heavy atom. The predicted molar refractivity (Wildman–Crippen MR) is 108 cm³/mol. The molecule has 1 saturated carbocycles. The van der Waals surface area contributed by atoms with Crippen LogP contribution in [0.1, 0.15) is 36.3 Å². The molecule has 4 nitrogen and oxygen atoms in total. The molecule has 29 heavy (non-hydrogen) atoms. The first-order valence-corrected chi connectivity index (χ1v) is 11.2.